The van der Waals surface area contributed by atoms with Crippen molar-refractivity contribution in [3.05, 3.63) is 58.8 Å². The summed E-state index contributed by atoms with van der Waals surface area (Å²) in [5.41, 5.74) is 2.75. The van der Waals surface area contributed by atoms with Gasteiger partial charge >= 0.3 is 5.97 Å². The number of carboxylic acids is 1. The van der Waals surface area contributed by atoms with Crippen molar-refractivity contribution in [2.45, 2.75) is 78.7 Å². The van der Waals surface area contributed by atoms with Crippen LogP contribution in [0.2, 0.25) is 0 Å². The third kappa shape index (κ3) is 6.53. The smallest absolute Gasteiger partial charge is 0.356 e. The van der Waals surface area contributed by atoms with Gasteiger partial charge in [0.25, 0.3) is 0 Å². The molecule has 0 fully saturated rings. The molecular formula is C29H38N4O6S. The van der Waals surface area contributed by atoms with Gasteiger partial charge in [0.05, 0.1) is 5.69 Å². The van der Waals surface area contributed by atoms with E-state index in [9.17, 15) is 23.1 Å². The molecule has 1 heterocycles. The van der Waals surface area contributed by atoms with Gasteiger partial charge in [-0.3, -0.25) is 4.79 Å². The van der Waals surface area contributed by atoms with Crippen LogP contribution < -0.4 is 14.8 Å². The normalized spacial score (nSPS) is 12.4. The molecule has 0 saturated carbocycles. The second-order valence-electron chi connectivity index (χ2n) is 9.91. The van der Waals surface area contributed by atoms with Gasteiger partial charge in [0, 0.05) is 23.2 Å². The molecule has 216 valence electrons. The van der Waals surface area contributed by atoms with Crippen molar-refractivity contribution in [3.8, 4) is 17.3 Å². The van der Waals surface area contributed by atoms with Crippen LogP contribution in [-0.2, 0) is 14.8 Å². The predicted molar refractivity (Wildman–Crippen MR) is 154 cm³/mol. The third-order valence-corrected chi connectivity index (χ3v) is 8.72. The zero-order valence-electron chi connectivity index (χ0n) is 24.0. The summed E-state index contributed by atoms with van der Waals surface area (Å²) in [6.45, 7) is 12.8. The Morgan fingerprint density at radius 1 is 1.02 bits per heavy atom. The number of carbonyl (C=O) groups excluding carboxylic acids is 1. The van der Waals surface area contributed by atoms with Crippen LogP contribution in [0.4, 0.5) is 5.69 Å². The first kappa shape index (κ1) is 30.8. The van der Waals surface area contributed by atoms with Crippen molar-refractivity contribution < 1.29 is 27.9 Å². The fourth-order valence-corrected chi connectivity index (χ4v) is 5.71. The van der Waals surface area contributed by atoms with Gasteiger partial charge in [0.2, 0.25) is 21.8 Å². The van der Waals surface area contributed by atoms with Crippen molar-refractivity contribution in [2.75, 3.05) is 5.32 Å². The van der Waals surface area contributed by atoms with E-state index in [4.69, 9.17) is 4.74 Å². The Kier molecular flexibility index (Phi) is 9.75. The molecule has 0 radical (unpaired) electrons. The Labute approximate surface area is 235 Å². The molecule has 3 rings (SSSR count). The number of carboxylic acid groups (broad SMARTS) is 1. The minimum Gasteiger partial charge on any atom is -0.476 e. The highest BCUT2D eigenvalue weighted by Gasteiger charge is 2.28. The lowest BCUT2D eigenvalue weighted by atomic mass is 10.0. The highest BCUT2D eigenvalue weighted by molar-refractivity contribution is 7.89. The molecule has 0 unspecified atom stereocenters. The molecule has 11 heteroatoms. The van der Waals surface area contributed by atoms with E-state index in [-0.39, 0.29) is 45.6 Å². The Balaban J connectivity index is 2.19. The summed E-state index contributed by atoms with van der Waals surface area (Å²) < 4.78 is 37.3. The fourth-order valence-electron chi connectivity index (χ4n) is 4.23. The van der Waals surface area contributed by atoms with Crippen LogP contribution in [0.5, 0.6) is 11.6 Å². The summed E-state index contributed by atoms with van der Waals surface area (Å²) in [7, 11) is -4.10. The van der Waals surface area contributed by atoms with E-state index in [0.29, 0.717) is 30.6 Å². The predicted octanol–water partition coefficient (Wildman–Crippen LogP) is 5.74. The van der Waals surface area contributed by atoms with Crippen molar-refractivity contribution in [3.63, 3.8) is 0 Å². The van der Waals surface area contributed by atoms with E-state index in [1.807, 2.05) is 46.8 Å². The molecule has 40 heavy (non-hydrogen) atoms. The first-order valence-corrected chi connectivity index (χ1v) is 14.9. The van der Waals surface area contributed by atoms with Crippen molar-refractivity contribution in [1.82, 2.24) is 14.5 Å². The molecule has 10 nitrogen and oxygen atoms in total. The minimum atomic E-state index is -4.10. The quantitative estimate of drug-likeness (QED) is 0.252. The van der Waals surface area contributed by atoms with Gasteiger partial charge in [-0.25, -0.2) is 17.9 Å². The number of benzene rings is 2. The molecule has 0 bridgehead atoms. The van der Waals surface area contributed by atoms with Crippen LogP contribution in [0.25, 0.3) is 5.69 Å². The second kappa shape index (κ2) is 12.6. The maximum absolute atomic E-state index is 13.5. The molecule has 1 aromatic heterocycles. The summed E-state index contributed by atoms with van der Waals surface area (Å²) in [5, 5.41) is 16.9. The van der Waals surface area contributed by atoms with E-state index in [0.717, 1.165) is 11.1 Å². The van der Waals surface area contributed by atoms with Crippen LogP contribution in [-0.4, -0.2) is 41.2 Å². The third-order valence-electron chi connectivity index (χ3n) is 7.11. The summed E-state index contributed by atoms with van der Waals surface area (Å²) in [5.74, 6) is -1.62. The van der Waals surface area contributed by atoms with E-state index >= 15 is 0 Å². The molecule has 2 aromatic carbocycles. The van der Waals surface area contributed by atoms with Gasteiger partial charge in [-0.2, -0.15) is 9.78 Å². The molecule has 1 atom stereocenters. The van der Waals surface area contributed by atoms with Crippen LogP contribution in [0, 0.1) is 26.7 Å². The number of hydrogen-bond acceptors (Lipinski definition) is 6. The first-order chi connectivity index (χ1) is 18.8. The molecule has 0 aliphatic rings. The number of amides is 1. The Morgan fingerprint density at radius 3 is 2.30 bits per heavy atom. The van der Waals surface area contributed by atoms with E-state index < -0.39 is 16.0 Å². The van der Waals surface area contributed by atoms with Gasteiger partial charge in [0.15, 0.2) is 5.69 Å². The lowest BCUT2D eigenvalue weighted by Crippen LogP contribution is -2.32. The monoisotopic (exact) mass is 570 g/mol. The number of aryl methyl sites for hydroxylation is 1. The largest absolute Gasteiger partial charge is 0.476 e. The van der Waals surface area contributed by atoms with E-state index in [1.165, 1.54) is 16.8 Å². The molecule has 0 aliphatic carbocycles. The number of aromatic carboxylic acids is 1. The lowest BCUT2D eigenvalue weighted by Gasteiger charge is -2.19. The number of anilines is 1. The maximum atomic E-state index is 13.5. The summed E-state index contributed by atoms with van der Waals surface area (Å²) >= 11 is 0. The highest BCUT2D eigenvalue weighted by Crippen LogP contribution is 2.36. The molecule has 0 spiro atoms. The maximum Gasteiger partial charge on any atom is 0.356 e. The van der Waals surface area contributed by atoms with Crippen molar-refractivity contribution in [2.24, 2.45) is 5.92 Å². The lowest BCUT2D eigenvalue weighted by molar-refractivity contribution is -0.120. The first-order valence-electron chi connectivity index (χ1n) is 13.4. The van der Waals surface area contributed by atoms with Gasteiger partial charge < -0.3 is 15.2 Å². The Hall–Kier alpha value is -3.70. The average molecular weight is 571 g/mol. The molecule has 3 aromatic rings. The van der Waals surface area contributed by atoms with Gasteiger partial charge in [-0.05, 0) is 82.3 Å². The van der Waals surface area contributed by atoms with E-state index in [1.54, 1.807) is 26.0 Å². The van der Waals surface area contributed by atoms with Crippen LogP contribution in [0.1, 0.15) is 74.1 Å². The number of aromatic nitrogens is 2. The topological polar surface area (TPSA) is 140 Å². The van der Waals surface area contributed by atoms with Gasteiger partial charge in [-0.1, -0.05) is 32.9 Å². The van der Waals surface area contributed by atoms with Crippen LogP contribution >= 0.6 is 0 Å². The number of carbonyl (C=O) groups is 2. The summed E-state index contributed by atoms with van der Waals surface area (Å²) in [6.07, 6.45) is 1.86. The summed E-state index contributed by atoms with van der Waals surface area (Å²) in [6, 6.07) is 9.54. The van der Waals surface area contributed by atoms with Crippen molar-refractivity contribution >= 4 is 27.6 Å². The minimum absolute atomic E-state index is 0.0390. The summed E-state index contributed by atoms with van der Waals surface area (Å²) in [4.78, 5) is 24.5. The average Bonchev–Trinajstić information content (AvgIpc) is 3.22. The zero-order chi connectivity index (χ0) is 29.8. The van der Waals surface area contributed by atoms with Crippen LogP contribution in [0.15, 0.2) is 41.3 Å². The second-order valence-corrected chi connectivity index (χ2v) is 11.6. The number of ether oxygens (including phenoxy) is 1. The molecule has 3 N–H and O–H groups in total. The molecule has 0 saturated heterocycles. The Bertz CT molecular complexity index is 1510. The molecular weight excluding hydrogens is 532 g/mol. The van der Waals surface area contributed by atoms with Crippen molar-refractivity contribution in [1.29, 1.82) is 0 Å². The number of nitrogens with one attached hydrogen (secondary N) is 2. The highest BCUT2D eigenvalue weighted by atomic mass is 32.2. The number of nitrogens with zero attached hydrogens (tertiary/aromatic N) is 2. The SMILES string of the molecule is CCC(CC)C(=O)Nc1ccc(Oc2c(C)c(C(=O)O)nn2-c2cccc(C)c2C)c(S(=O)(=O)N[C@H](C)CC)c1. The Morgan fingerprint density at radius 2 is 1.70 bits per heavy atom. The zero-order valence-corrected chi connectivity index (χ0v) is 24.8. The van der Waals surface area contributed by atoms with Crippen LogP contribution in [0.3, 0.4) is 0 Å². The number of sulfonamides is 1. The molecule has 1 amide bonds. The standard InChI is InChI=1S/C29H38N4O6S/c1-8-18(5)32-40(37,38)25-16-22(30-27(34)21(9-2)10-3)14-15-24(25)39-28-20(7)26(29(35)36)31-33(28)23-13-11-12-17(4)19(23)6/h11-16,18,21,32H,8-10H2,1-7H3,(H,30,34)(H,35,36)/t18-/m1/s1. The number of rotatable bonds is 12. The van der Waals surface area contributed by atoms with Gasteiger partial charge in [-0.15, -0.1) is 0 Å². The fraction of sp³-hybridized carbons (Fsp3) is 0.414. The number of hydrogen-bond donors (Lipinski definition) is 3. The van der Waals surface area contributed by atoms with E-state index in [2.05, 4.69) is 15.1 Å². The molecule has 0 aliphatic heterocycles. The van der Waals surface area contributed by atoms with Gasteiger partial charge in [0.1, 0.15) is 10.6 Å².